The molecule has 1 fully saturated rings. The second-order valence-corrected chi connectivity index (χ2v) is 2.91. The summed E-state index contributed by atoms with van der Waals surface area (Å²) >= 11 is 5.50. The Morgan fingerprint density at radius 2 is 2.50 bits per heavy atom. The van der Waals surface area contributed by atoms with Crippen LogP contribution in [0.15, 0.2) is 12.2 Å². The van der Waals surface area contributed by atoms with E-state index in [-0.39, 0.29) is 0 Å². The molecule has 1 unspecified atom stereocenters. The average molecular weight is 161 g/mol. The van der Waals surface area contributed by atoms with Crippen LogP contribution < -0.4 is 0 Å². The fourth-order valence-electron chi connectivity index (χ4n) is 1.06. The third-order valence-electron chi connectivity index (χ3n) is 1.65. The highest BCUT2D eigenvalue weighted by Crippen LogP contribution is 2.13. The molecule has 0 aromatic rings. The Bertz CT molecular complexity index is 106. The van der Waals surface area contributed by atoms with Gasteiger partial charge in [0.05, 0.1) is 6.61 Å². The van der Waals surface area contributed by atoms with Crippen molar-refractivity contribution in [2.24, 2.45) is 5.92 Å². The lowest BCUT2D eigenvalue weighted by molar-refractivity contribution is 0.191. The molecular formula is C8H13ClO. The zero-order valence-corrected chi connectivity index (χ0v) is 6.81. The van der Waals surface area contributed by atoms with Crippen LogP contribution in [-0.2, 0) is 4.74 Å². The molecule has 2 heteroatoms. The molecule has 0 aromatic carbocycles. The van der Waals surface area contributed by atoms with E-state index >= 15 is 0 Å². The zero-order valence-electron chi connectivity index (χ0n) is 6.05. The van der Waals surface area contributed by atoms with Crippen molar-refractivity contribution in [1.29, 1.82) is 0 Å². The second-order valence-electron chi connectivity index (χ2n) is 2.53. The fraction of sp³-hybridized carbons (Fsp3) is 0.750. The summed E-state index contributed by atoms with van der Waals surface area (Å²) in [7, 11) is 0. The summed E-state index contributed by atoms with van der Waals surface area (Å²) in [6, 6.07) is 0. The van der Waals surface area contributed by atoms with Crippen LogP contribution >= 0.6 is 11.6 Å². The zero-order chi connectivity index (χ0) is 7.23. The number of alkyl halides is 1. The molecule has 0 bridgehead atoms. The van der Waals surface area contributed by atoms with E-state index in [0.29, 0.717) is 5.92 Å². The van der Waals surface area contributed by atoms with Gasteiger partial charge in [-0.2, -0.15) is 0 Å². The SMILES string of the molecule is ClCCC=CC1CCOC1. The van der Waals surface area contributed by atoms with Crippen molar-refractivity contribution in [3.63, 3.8) is 0 Å². The monoisotopic (exact) mass is 160 g/mol. The van der Waals surface area contributed by atoms with Crippen LogP contribution in [0.2, 0.25) is 0 Å². The molecule has 1 aliphatic heterocycles. The van der Waals surface area contributed by atoms with E-state index in [1.807, 2.05) is 0 Å². The largest absolute Gasteiger partial charge is 0.381 e. The molecule has 1 saturated heterocycles. The summed E-state index contributed by atoms with van der Waals surface area (Å²) < 4.78 is 5.20. The van der Waals surface area contributed by atoms with Crippen LogP contribution in [0.4, 0.5) is 0 Å². The standard InChI is InChI=1S/C8H13ClO/c9-5-2-1-3-8-4-6-10-7-8/h1,3,8H,2,4-7H2. The predicted octanol–water partition coefficient (Wildman–Crippen LogP) is 2.21. The van der Waals surface area contributed by atoms with Gasteiger partial charge in [-0.3, -0.25) is 0 Å². The van der Waals surface area contributed by atoms with Gasteiger partial charge in [-0.25, -0.2) is 0 Å². The first-order valence-corrected chi connectivity index (χ1v) is 4.27. The van der Waals surface area contributed by atoms with E-state index in [1.165, 1.54) is 6.42 Å². The minimum absolute atomic E-state index is 0.656. The van der Waals surface area contributed by atoms with Crippen LogP contribution in [0, 0.1) is 5.92 Å². The van der Waals surface area contributed by atoms with Gasteiger partial charge < -0.3 is 4.74 Å². The van der Waals surface area contributed by atoms with Crippen molar-refractivity contribution in [2.45, 2.75) is 12.8 Å². The van der Waals surface area contributed by atoms with E-state index in [0.717, 1.165) is 25.5 Å². The number of rotatable bonds is 3. The number of hydrogen-bond acceptors (Lipinski definition) is 1. The molecule has 0 aliphatic carbocycles. The molecule has 0 saturated carbocycles. The van der Waals surface area contributed by atoms with Crippen LogP contribution in [0.3, 0.4) is 0 Å². The van der Waals surface area contributed by atoms with Gasteiger partial charge in [0.1, 0.15) is 0 Å². The first-order valence-electron chi connectivity index (χ1n) is 3.74. The van der Waals surface area contributed by atoms with Crippen LogP contribution in [0.5, 0.6) is 0 Å². The maximum atomic E-state index is 5.50. The molecule has 0 radical (unpaired) electrons. The van der Waals surface area contributed by atoms with Gasteiger partial charge in [0.2, 0.25) is 0 Å². The topological polar surface area (TPSA) is 9.23 Å². The summed E-state index contributed by atoms with van der Waals surface area (Å²) in [5.41, 5.74) is 0. The minimum Gasteiger partial charge on any atom is -0.381 e. The molecule has 0 N–H and O–H groups in total. The van der Waals surface area contributed by atoms with Gasteiger partial charge in [0.25, 0.3) is 0 Å². The van der Waals surface area contributed by atoms with Gasteiger partial charge in [0, 0.05) is 18.4 Å². The van der Waals surface area contributed by atoms with Crippen molar-refractivity contribution in [2.75, 3.05) is 19.1 Å². The van der Waals surface area contributed by atoms with Crippen molar-refractivity contribution < 1.29 is 4.74 Å². The maximum absolute atomic E-state index is 5.50. The molecule has 1 rings (SSSR count). The molecule has 0 amide bonds. The van der Waals surface area contributed by atoms with Gasteiger partial charge in [-0.05, 0) is 12.8 Å². The quantitative estimate of drug-likeness (QED) is 0.455. The van der Waals surface area contributed by atoms with Gasteiger partial charge in [0.15, 0.2) is 0 Å². The summed E-state index contributed by atoms with van der Waals surface area (Å²) in [4.78, 5) is 0. The van der Waals surface area contributed by atoms with Crippen LogP contribution in [0.25, 0.3) is 0 Å². The lowest BCUT2D eigenvalue weighted by atomic mass is 10.1. The molecule has 1 heterocycles. The molecule has 0 aromatic heterocycles. The Kier molecular flexibility index (Phi) is 3.84. The predicted molar refractivity (Wildman–Crippen MR) is 43.4 cm³/mol. The van der Waals surface area contributed by atoms with Gasteiger partial charge >= 0.3 is 0 Å². The summed E-state index contributed by atoms with van der Waals surface area (Å²) in [5, 5.41) is 0. The lowest BCUT2D eigenvalue weighted by Crippen LogP contribution is -1.92. The number of allylic oxidation sites excluding steroid dienone is 1. The van der Waals surface area contributed by atoms with Crippen molar-refractivity contribution in [3.05, 3.63) is 12.2 Å². The smallest absolute Gasteiger partial charge is 0.0529 e. The summed E-state index contributed by atoms with van der Waals surface area (Å²) in [5.74, 6) is 1.38. The normalized spacial score (nSPS) is 26.3. The number of hydrogen-bond donors (Lipinski definition) is 0. The Labute approximate surface area is 67.0 Å². The third-order valence-corrected chi connectivity index (χ3v) is 1.87. The number of halogens is 1. The van der Waals surface area contributed by atoms with E-state index in [1.54, 1.807) is 0 Å². The summed E-state index contributed by atoms with van der Waals surface area (Å²) in [6.07, 6.45) is 6.53. The van der Waals surface area contributed by atoms with Crippen molar-refractivity contribution >= 4 is 11.6 Å². The lowest BCUT2D eigenvalue weighted by Gasteiger charge is -1.96. The van der Waals surface area contributed by atoms with E-state index < -0.39 is 0 Å². The Balaban J connectivity index is 2.10. The van der Waals surface area contributed by atoms with E-state index in [4.69, 9.17) is 16.3 Å². The van der Waals surface area contributed by atoms with Crippen LogP contribution in [0.1, 0.15) is 12.8 Å². The molecule has 58 valence electrons. The molecule has 1 atom stereocenters. The van der Waals surface area contributed by atoms with Gasteiger partial charge in [-0.1, -0.05) is 12.2 Å². The molecule has 10 heavy (non-hydrogen) atoms. The Hall–Kier alpha value is -0.0100. The first-order chi connectivity index (χ1) is 4.93. The van der Waals surface area contributed by atoms with Crippen LogP contribution in [-0.4, -0.2) is 19.1 Å². The van der Waals surface area contributed by atoms with Crippen molar-refractivity contribution in [1.82, 2.24) is 0 Å². The molecule has 1 aliphatic rings. The minimum atomic E-state index is 0.656. The highest BCUT2D eigenvalue weighted by Gasteiger charge is 2.10. The Morgan fingerprint density at radius 3 is 3.10 bits per heavy atom. The highest BCUT2D eigenvalue weighted by molar-refractivity contribution is 6.17. The second kappa shape index (κ2) is 4.75. The third kappa shape index (κ3) is 2.72. The average Bonchev–Trinajstić information content (AvgIpc) is 2.41. The Morgan fingerprint density at radius 1 is 1.60 bits per heavy atom. The molecular weight excluding hydrogens is 148 g/mol. The first kappa shape index (κ1) is 8.09. The molecule has 1 nitrogen and oxygen atoms in total. The van der Waals surface area contributed by atoms with Gasteiger partial charge in [-0.15, -0.1) is 11.6 Å². The maximum Gasteiger partial charge on any atom is 0.0529 e. The van der Waals surface area contributed by atoms with E-state index in [9.17, 15) is 0 Å². The molecule has 0 spiro atoms. The van der Waals surface area contributed by atoms with E-state index in [2.05, 4.69) is 12.2 Å². The van der Waals surface area contributed by atoms with Crippen molar-refractivity contribution in [3.8, 4) is 0 Å². The highest BCUT2D eigenvalue weighted by atomic mass is 35.5. The summed E-state index contributed by atoms with van der Waals surface area (Å²) in [6.45, 7) is 1.83. The number of ether oxygens (including phenoxy) is 1. The fourth-order valence-corrected chi connectivity index (χ4v) is 1.18.